The van der Waals surface area contributed by atoms with Crippen LogP contribution in [0.3, 0.4) is 0 Å². The fourth-order valence-electron chi connectivity index (χ4n) is 1.86. The van der Waals surface area contributed by atoms with Crippen LogP contribution < -0.4 is 0 Å². The van der Waals surface area contributed by atoms with Gasteiger partial charge in [-0.15, -0.1) is 0 Å². The summed E-state index contributed by atoms with van der Waals surface area (Å²) in [5.41, 5.74) is 1.76. The van der Waals surface area contributed by atoms with Gasteiger partial charge in [-0.1, -0.05) is 0 Å². The second-order valence-corrected chi connectivity index (χ2v) is 4.94. The van der Waals surface area contributed by atoms with Gasteiger partial charge in [0.15, 0.2) is 5.82 Å². The molecule has 0 spiro atoms. The van der Waals surface area contributed by atoms with Gasteiger partial charge in [-0.05, 0) is 55.1 Å². The minimum atomic E-state index is 0.418. The molecule has 0 fully saturated rings. The van der Waals surface area contributed by atoms with Crippen LogP contribution in [0.2, 0.25) is 0 Å². The SMILES string of the molecule is CC(/C=N\n1c(-c2cccnc2)n[nH]c1=S)=C\c1ccco1. The maximum Gasteiger partial charge on any atom is 0.216 e. The van der Waals surface area contributed by atoms with Gasteiger partial charge in [0.1, 0.15) is 5.76 Å². The Morgan fingerprint density at radius 3 is 3.05 bits per heavy atom. The Kier molecular flexibility index (Phi) is 4.06. The van der Waals surface area contributed by atoms with Crippen LogP contribution in [0.1, 0.15) is 12.7 Å². The summed E-state index contributed by atoms with van der Waals surface area (Å²) in [6.07, 6.45) is 8.63. The van der Waals surface area contributed by atoms with Gasteiger partial charge < -0.3 is 4.42 Å². The molecule has 0 bridgehead atoms. The van der Waals surface area contributed by atoms with Crippen molar-refractivity contribution in [2.75, 3.05) is 0 Å². The van der Waals surface area contributed by atoms with Gasteiger partial charge in [-0.3, -0.25) is 4.98 Å². The van der Waals surface area contributed by atoms with E-state index in [9.17, 15) is 0 Å². The van der Waals surface area contributed by atoms with Gasteiger partial charge in [-0.25, -0.2) is 5.10 Å². The van der Waals surface area contributed by atoms with Crippen molar-refractivity contribution < 1.29 is 4.42 Å². The predicted molar refractivity (Wildman–Crippen MR) is 86.9 cm³/mol. The van der Waals surface area contributed by atoms with E-state index in [2.05, 4.69) is 20.3 Å². The highest BCUT2D eigenvalue weighted by Crippen LogP contribution is 2.15. The van der Waals surface area contributed by atoms with E-state index in [-0.39, 0.29) is 0 Å². The number of nitrogens with zero attached hydrogens (tertiary/aromatic N) is 4. The van der Waals surface area contributed by atoms with E-state index >= 15 is 0 Å². The number of allylic oxidation sites excluding steroid dienone is 1. The highest BCUT2D eigenvalue weighted by atomic mass is 32.1. The molecule has 0 aliphatic heterocycles. The Morgan fingerprint density at radius 2 is 2.32 bits per heavy atom. The first-order valence-corrected chi connectivity index (χ1v) is 6.99. The van der Waals surface area contributed by atoms with Crippen LogP contribution in [-0.4, -0.2) is 26.1 Å². The van der Waals surface area contributed by atoms with E-state index < -0.39 is 0 Å². The zero-order chi connectivity index (χ0) is 15.4. The average molecular weight is 311 g/mol. The quantitative estimate of drug-likeness (QED) is 0.591. The fraction of sp³-hybridized carbons (Fsp3) is 0.0667. The Morgan fingerprint density at radius 1 is 1.41 bits per heavy atom. The van der Waals surface area contributed by atoms with Crippen molar-refractivity contribution in [1.29, 1.82) is 0 Å². The zero-order valence-electron chi connectivity index (χ0n) is 11.8. The van der Waals surface area contributed by atoms with E-state index in [1.54, 1.807) is 29.5 Å². The molecular formula is C15H13N5OS. The molecule has 0 atom stereocenters. The monoisotopic (exact) mass is 311 g/mol. The molecule has 6 nitrogen and oxygen atoms in total. The molecule has 110 valence electrons. The minimum absolute atomic E-state index is 0.418. The second-order valence-electron chi connectivity index (χ2n) is 4.55. The summed E-state index contributed by atoms with van der Waals surface area (Å²) in [6.45, 7) is 1.93. The molecule has 3 aromatic rings. The van der Waals surface area contributed by atoms with Crippen LogP contribution in [0.4, 0.5) is 0 Å². The van der Waals surface area contributed by atoms with Crippen molar-refractivity contribution >= 4 is 24.5 Å². The molecule has 0 amide bonds. The maximum absolute atomic E-state index is 5.27. The second kappa shape index (κ2) is 6.31. The van der Waals surface area contributed by atoms with Crippen molar-refractivity contribution in [2.45, 2.75) is 6.92 Å². The van der Waals surface area contributed by atoms with E-state index in [0.717, 1.165) is 16.9 Å². The van der Waals surface area contributed by atoms with Crippen LogP contribution in [0.25, 0.3) is 17.5 Å². The molecule has 1 N–H and O–H groups in total. The van der Waals surface area contributed by atoms with E-state index in [0.29, 0.717) is 10.6 Å². The van der Waals surface area contributed by atoms with Gasteiger partial charge in [0.05, 0.1) is 12.5 Å². The predicted octanol–water partition coefficient (Wildman–Crippen LogP) is 3.53. The summed E-state index contributed by atoms with van der Waals surface area (Å²) in [5.74, 6) is 1.38. The lowest BCUT2D eigenvalue weighted by atomic mass is 10.3. The van der Waals surface area contributed by atoms with E-state index in [1.165, 1.54) is 0 Å². The molecule has 0 unspecified atom stereocenters. The first-order valence-electron chi connectivity index (χ1n) is 6.58. The maximum atomic E-state index is 5.27. The molecule has 0 radical (unpaired) electrons. The Labute approximate surface area is 131 Å². The smallest absolute Gasteiger partial charge is 0.216 e. The standard InChI is InChI=1S/C15H13N5OS/c1-11(8-13-5-3-7-21-13)9-17-20-14(18-19-15(20)22)12-4-2-6-16-10-12/h2-10H,1H3,(H,19,22)/b11-8+,17-9-. The molecular weight excluding hydrogens is 298 g/mol. The highest BCUT2D eigenvalue weighted by molar-refractivity contribution is 7.71. The summed E-state index contributed by atoms with van der Waals surface area (Å²) < 4.78 is 7.24. The number of furan rings is 1. The summed E-state index contributed by atoms with van der Waals surface area (Å²) >= 11 is 5.21. The van der Waals surface area contributed by atoms with Crippen molar-refractivity contribution in [3.05, 3.63) is 59.0 Å². The molecule has 0 saturated heterocycles. The van der Waals surface area contributed by atoms with Crippen LogP contribution in [-0.2, 0) is 0 Å². The first kappa shape index (κ1) is 14.2. The van der Waals surface area contributed by atoms with E-state index in [1.807, 2.05) is 37.3 Å². The number of hydrogen-bond acceptors (Lipinski definition) is 5. The number of H-pyrrole nitrogens is 1. The number of pyridine rings is 1. The first-order chi connectivity index (χ1) is 10.7. The third kappa shape index (κ3) is 3.09. The largest absolute Gasteiger partial charge is 0.465 e. The highest BCUT2D eigenvalue weighted by Gasteiger charge is 2.07. The molecule has 0 aliphatic carbocycles. The van der Waals surface area contributed by atoms with Gasteiger partial charge in [0.25, 0.3) is 0 Å². The van der Waals surface area contributed by atoms with Crippen molar-refractivity contribution in [3.8, 4) is 11.4 Å². The average Bonchev–Trinajstić information content (AvgIpc) is 3.16. The van der Waals surface area contributed by atoms with Crippen LogP contribution in [0.5, 0.6) is 0 Å². The normalized spacial score (nSPS) is 12.1. The van der Waals surface area contributed by atoms with Gasteiger partial charge in [0, 0.05) is 18.0 Å². The number of hydrogen-bond donors (Lipinski definition) is 1. The third-order valence-corrected chi connectivity index (χ3v) is 3.12. The summed E-state index contributed by atoms with van der Waals surface area (Å²) in [7, 11) is 0. The van der Waals surface area contributed by atoms with Gasteiger partial charge >= 0.3 is 0 Å². The van der Waals surface area contributed by atoms with Crippen LogP contribution >= 0.6 is 12.2 Å². The molecule has 3 rings (SSSR count). The Balaban J connectivity index is 1.91. The summed E-state index contributed by atoms with van der Waals surface area (Å²) in [4.78, 5) is 4.08. The third-order valence-electron chi connectivity index (χ3n) is 2.86. The van der Waals surface area contributed by atoms with Gasteiger partial charge in [0.2, 0.25) is 4.77 Å². The van der Waals surface area contributed by atoms with E-state index in [4.69, 9.17) is 16.6 Å². The van der Waals surface area contributed by atoms with Crippen LogP contribution in [0, 0.1) is 4.77 Å². The minimum Gasteiger partial charge on any atom is -0.465 e. The lowest BCUT2D eigenvalue weighted by Crippen LogP contribution is -1.95. The Hall–Kier alpha value is -2.80. The Bertz CT molecular complexity index is 859. The number of aromatic nitrogens is 4. The number of nitrogens with one attached hydrogen (secondary N) is 1. The topological polar surface area (TPSA) is 72.0 Å². The molecule has 0 aromatic carbocycles. The fourth-order valence-corrected chi connectivity index (χ4v) is 2.04. The van der Waals surface area contributed by atoms with Gasteiger partial charge in [-0.2, -0.15) is 14.9 Å². The lowest BCUT2D eigenvalue weighted by Gasteiger charge is -1.99. The lowest BCUT2D eigenvalue weighted by molar-refractivity contribution is 0.557. The molecule has 7 heteroatoms. The number of rotatable bonds is 4. The molecule has 3 aromatic heterocycles. The number of aromatic amines is 1. The molecule has 22 heavy (non-hydrogen) atoms. The van der Waals surface area contributed by atoms with Crippen molar-refractivity contribution in [1.82, 2.24) is 19.9 Å². The molecule has 0 aliphatic rings. The summed E-state index contributed by atoms with van der Waals surface area (Å²) in [6, 6.07) is 7.45. The van der Waals surface area contributed by atoms with Crippen molar-refractivity contribution in [2.24, 2.45) is 5.10 Å². The molecule has 0 saturated carbocycles. The molecule has 3 heterocycles. The zero-order valence-corrected chi connectivity index (χ0v) is 12.6. The summed E-state index contributed by atoms with van der Waals surface area (Å²) in [5, 5.41) is 11.3. The van der Waals surface area contributed by atoms with Crippen LogP contribution in [0.15, 0.2) is 58.0 Å². The van der Waals surface area contributed by atoms with Crippen molar-refractivity contribution in [3.63, 3.8) is 0 Å².